The van der Waals surface area contributed by atoms with Gasteiger partial charge >= 0.3 is 0 Å². The van der Waals surface area contributed by atoms with Crippen molar-refractivity contribution >= 4 is 39.7 Å². The number of piperidine rings is 1. The van der Waals surface area contributed by atoms with Crippen molar-refractivity contribution < 1.29 is 8.60 Å². The summed E-state index contributed by atoms with van der Waals surface area (Å²) < 4.78 is 27.0. The van der Waals surface area contributed by atoms with Crippen molar-refractivity contribution in [3.05, 3.63) is 63.8 Å². The second-order valence-corrected chi connectivity index (χ2v) is 12.2. The maximum atomic E-state index is 15.5. The van der Waals surface area contributed by atoms with E-state index >= 15 is 4.39 Å². The van der Waals surface area contributed by atoms with Crippen LogP contribution in [-0.2, 0) is 17.2 Å². The molecule has 3 N–H and O–H groups in total. The fourth-order valence-electron chi connectivity index (χ4n) is 5.07. The number of aryl methyl sites for hydroxylation is 2. The number of aromatic nitrogens is 2. The summed E-state index contributed by atoms with van der Waals surface area (Å²) in [5.74, 6) is 3.19. The van der Waals surface area contributed by atoms with Gasteiger partial charge in [-0.25, -0.2) is 9.38 Å². The summed E-state index contributed by atoms with van der Waals surface area (Å²) in [6.45, 7) is 9.97. The number of aromatic amines is 1. The fraction of sp³-hybridized carbons (Fsp3) is 0.517. The largest absolute Gasteiger partial charge is 0.338 e. The van der Waals surface area contributed by atoms with Gasteiger partial charge in [0.25, 0.3) is 0 Å². The molecule has 7 nitrogen and oxygen atoms in total. The van der Waals surface area contributed by atoms with Gasteiger partial charge in [0.2, 0.25) is 0 Å². The third-order valence-corrected chi connectivity index (χ3v) is 9.37. The minimum Gasteiger partial charge on any atom is -0.338 e. The first-order chi connectivity index (χ1) is 18.8. The topological polar surface area (TPSA) is 85.4 Å². The van der Waals surface area contributed by atoms with E-state index in [9.17, 15) is 4.21 Å². The summed E-state index contributed by atoms with van der Waals surface area (Å²) in [6.07, 6.45) is 8.23. The van der Waals surface area contributed by atoms with Gasteiger partial charge in [-0.1, -0.05) is 37.9 Å². The SMILES string of the molecule is C\C=C(Cl)/C(=N\C(=C\CCC)Nc1cc(C)c(C2CCN(C3CS(=O)C3)CC2)cc1F)Nc1cc(CC)[nH]n1. The molecule has 0 saturated carbocycles. The number of aliphatic imine (C=N–C) groups is 1. The van der Waals surface area contributed by atoms with Crippen LogP contribution in [0.5, 0.6) is 0 Å². The Kier molecular flexibility index (Phi) is 10.4. The number of hydrogen-bond acceptors (Lipinski definition) is 5. The molecule has 1 aromatic heterocycles. The van der Waals surface area contributed by atoms with Crippen molar-refractivity contribution in [1.82, 2.24) is 15.1 Å². The summed E-state index contributed by atoms with van der Waals surface area (Å²) in [7, 11) is -0.634. The number of amidine groups is 1. The van der Waals surface area contributed by atoms with Crippen molar-refractivity contribution in [2.45, 2.75) is 71.8 Å². The molecule has 2 fully saturated rings. The molecular formula is C29H40ClFN6OS. The zero-order valence-corrected chi connectivity index (χ0v) is 24.9. The number of benzene rings is 1. The third-order valence-electron chi connectivity index (χ3n) is 7.46. The summed E-state index contributed by atoms with van der Waals surface area (Å²) in [6, 6.07) is 5.94. The number of halogens is 2. The van der Waals surface area contributed by atoms with E-state index in [0.717, 1.165) is 73.5 Å². The molecule has 0 aliphatic carbocycles. The molecule has 0 amide bonds. The van der Waals surface area contributed by atoms with Gasteiger partial charge in [-0.05, 0) is 87.9 Å². The summed E-state index contributed by atoms with van der Waals surface area (Å²) in [4.78, 5) is 7.20. The number of hydrogen-bond donors (Lipinski definition) is 3. The first-order valence-corrected chi connectivity index (χ1v) is 15.8. The molecule has 3 heterocycles. The van der Waals surface area contributed by atoms with E-state index in [1.807, 2.05) is 39.0 Å². The van der Waals surface area contributed by atoms with Crippen LogP contribution in [-0.4, -0.2) is 55.8 Å². The molecule has 2 aliphatic rings. The normalized spacial score (nSPS) is 21.6. The monoisotopic (exact) mass is 574 g/mol. The molecule has 2 aliphatic heterocycles. The summed E-state index contributed by atoms with van der Waals surface area (Å²) in [5.41, 5.74) is 3.52. The average molecular weight is 575 g/mol. The Morgan fingerprint density at radius 2 is 2.00 bits per heavy atom. The molecule has 4 rings (SSSR count). The van der Waals surface area contributed by atoms with E-state index in [1.54, 1.807) is 12.1 Å². The van der Waals surface area contributed by atoms with E-state index in [4.69, 9.17) is 16.6 Å². The minimum atomic E-state index is -0.634. The quantitative estimate of drug-likeness (QED) is 0.225. The standard InChI is InChI=1S/C29H40ClFN6OS/c1-5-8-9-27(33-29(24(30)7-3)34-28-15-21(6-2)35-36-28)32-26-14-19(4)23(16-25(26)31)20-10-12-37(13-11-20)22-17-39(38)18-22/h7,9,14-16,20,22,32H,5-6,8,10-13,17-18H2,1-4H3,(H2,33,34,35,36)/b24-7+,27-9+. The third kappa shape index (κ3) is 7.58. The highest BCUT2D eigenvalue weighted by Gasteiger charge is 2.34. The van der Waals surface area contributed by atoms with Gasteiger partial charge in [-0.2, -0.15) is 5.10 Å². The Hall–Kier alpha value is -2.49. The Bertz CT molecular complexity index is 1260. The van der Waals surface area contributed by atoms with Gasteiger partial charge in [0, 0.05) is 40.1 Å². The van der Waals surface area contributed by atoms with Crippen molar-refractivity contribution in [3.8, 4) is 0 Å². The molecule has 10 heteroatoms. The van der Waals surface area contributed by atoms with Gasteiger partial charge in [0.05, 0.1) is 10.7 Å². The lowest BCUT2D eigenvalue weighted by molar-refractivity contribution is 0.168. The van der Waals surface area contributed by atoms with Crippen LogP contribution in [0.15, 0.2) is 46.2 Å². The predicted octanol–water partition coefficient (Wildman–Crippen LogP) is 6.44. The average Bonchev–Trinajstić information content (AvgIpc) is 3.38. The highest BCUT2D eigenvalue weighted by Crippen LogP contribution is 2.34. The van der Waals surface area contributed by atoms with E-state index in [1.165, 1.54) is 0 Å². The maximum absolute atomic E-state index is 15.5. The number of nitrogens with zero attached hydrogens (tertiary/aromatic N) is 3. The number of nitrogens with one attached hydrogen (secondary N) is 3. The molecule has 0 unspecified atom stereocenters. The van der Waals surface area contributed by atoms with Crippen molar-refractivity contribution in [3.63, 3.8) is 0 Å². The van der Waals surface area contributed by atoms with E-state index in [2.05, 4.69) is 32.7 Å². The lowest BCUT2D eigenvalue weighted by atomic mass is 9.86. The van der Waals surface area contributed by atoms with Gasteiger partial charge in [0.15, 0.2) is 11.7 Å². The number of unbranched alkanes of at least 4 members (excludes halogenated alkanes) is 1. The van der Waals surface area contributed by atoms with Crippen LogP contribution in [0.3, 0.4) is 0 Å². The van der Waals surface area contributed by atoms with Crippen LogP contribution in [0.1, 0.15) is 69.2 Å². The Labute approximate surface area is 238 Å². The first kappa shape index (κ1) is 29.5. The highest BCUT2D eigenvalue weighted by molar-refractivity contribution is 7.86. The molecular weight excluding hydrogens is 535 g/mol. The van der Waals surface area contributed by atoms with Crippen LogP contribution in [0, 0.1) is 12.7 Å². The van der Waals surface area contributed by atoms with Gasteiger partial charge in [0.1, 0.15) is 11.6 Å². The smallest absolute Gasteiger partial charge is 0.153 e. The Balaban J connectivity index is 1.51. The molecule has 0 radical (unpaired) electrons. The zero-order valence-electron chi connectivity index (χ0n) is 23.3. The minimum absolute atomic E-state index is 0.295. The highest BCUT2D eigenvalue weighted by atomic mass is 35.5. The molecule has 0 bridgehead atoms. The summed E-state index contributed by atoms with van der Waals surface area (Å²) >= 11 is 6.50. The van der Waals surface area contributed by atoms with Gasteiger partial charge in [-0.3, -0.25) is 14.2 Å². The molecule has 0 spiro atoms. The maximum Gasteiger partial charge on any atom is 0.153 e. The van der Waals surface area contributed by atoms with E-state index in [-0.39, 0.29) is 5.82 Å². The number of H-pyrrole nitrogens is 1. The molecule has 2 saturated heterocycles. The number of anilines is 2. The molecule has 39 heavy (non-hydrogen) atoms. The molecule has 0 atom stereocenters. The Morgan fingerprint density at radius 1 is 1.26 bits per heavy atom. The number of allylic oxidation sites excluding steroid dienone is 2. The van der Waals surface area contributed by atoms with Gasteiger partial charge < -0.3 is 10.6 Å². The lowest BCUT2D eigenvalue weighted by Crippen LogP contribution is -2.52. The number of rotatable bonds is 10. The van der Waals surface area contributed by atoms with Crippen LogP contribution in [0.4, 0.5) is 15.9 Å². The number of likely N-dealkylation sites (tertiary alicyclic amines) is 1. The second-order valence-electron chi connectivity index (χ2n) is 10.3. The fourth-order valence-corrected chi connectivity index (χ4v) is 6.34. The van der Waals surface area contributed by atoms with Crippen molar-refractivity contribution in [2.75, 3.05) is 35.2 Å². The lowest BCUT2D eigenvalue weighted by Gasteiger charge is -2.41. The van der Waals surface area contributed by atoms with Crippen LogP contribution in [0.2, 0.25) is 0 Å². The van der Waals surface area contributed by atoms with Crippen LogP contribution in [0.25, 0.3) is 0 Å². The van der Waals surface area contributed by atoms with Crippen molar-refractivity contribution in [1.29, 1.82) is 0 Å². The predicted molar refractivity (Wildman–Crippen MR) is 162 cm³/mol. The molecule has 2 aromatic rings. The van der Waals surface area contributed by atoms with Crippen molar-refractivity contribution in [2.24, 2.45) is 4.99 Å². The first-order valence-electron chi connectivity index (χ1n) is 13.9. The van der Waals surface area contributed by atoms with E-state index < -0.39 is 10.8 Å². The van der Waals surface area contributed by atoms with Crippen LogP contribution < -0.4 is 10.6 Å². The second kappa shape index (κ2) is 13.7. The van der Waals surface area contributed by atoms with E-state index in [0.29, 0.717) is 40.2 Å². The Morgan fingerprint density at radius 3 is 2.62 bits per heavy atom. The molecule has 212 valence electrons. The molecule has 1 aromatic carbocycles. The summed E-state index contributed by atoms with van der Waals surface area (Å²) in [5, 5.41) is 14.1. The van der Waals surface area contributed by atoms with Gasteiger partial charge in [-0.15, -0.1) is 0 Å². The zero-order chi connectivity index (χ0) is 27.9. The van der Waals surface area contributed by atoms with Crippen LogP contribution >= 0.6 is 11.6 Å².